The van der Waals surface area contributed by atoms with Gasteiger partial charge < -0.3 is 14.5 Å². The Hall–Kier alpha value is -1.38. The van der Waals surface area contributed by atoms with Gasteiger partial charge in [0.2, 0.25) is 15.8 Å². The van der Waals surface area contributed by atoms with Crippen LogP contribution in [-0.4, -0.2) is 40.6 Å². The van der Waals surface area contributed by atoms with E-state index in [4.69, 9.17) is 4.42 Å². The van der Waals surface area contributed by atoms with Crippen LogP contribution in [0.15, 0.2) is 15.4 Å². The Labute approximate surface area is 124 Å². The van der Waals surface area contributed by atoms with Gasteiger partial charge in [0, 0.05) is 18.7 Å². The number of hydrogen-bond acceptors (Lipinski definition) is 6. The van der Waals surface area contributed by atoms with Gasteiger partial charge in [-0.1, -0.05) is 6.92 Å². The summed E-state index contributed by atoms with van der Waals surface area (Å²) >= 11 is 0. The highest BCUT2D eigenvalue weighted by Crippen LogP contribution is 2.22. The van der Waals surface area contributed by atoms with Crippen LogP contribution in [-0.2, 0) is 14.8 Å². The molecule has 118 valence electrons. The Morgan fingerprint density at radius 2 is 2.24 bits per heavy atom. The molecule has 21 heavy (non-hydrogen) atoms. The fourth-order valence-electron chi connectivity index (χ4n) is 2.34. The summed E-state index contributed by atoms with van der Waals surface area (Å²) in [7, 11) is -2.53. The molecule has 0 spiro atoms. The van der Waals surface area contributed by atoms with Gasteiger partial charge >= 0.3 is 5.97 Å². The van der Waals surface area contributed by atoms with Crippen LogP contribution in [0.3, 0.4) is 0 Å². The maximum atomic E-state index is 12.4. The highest BCUT2D eigenvalue weighted by Gasteiger charge is 2.30. The summed E-state index contributed by atoms with van der Waals surface area (Å²) in [4.78, 5) is 11.4. The number of rotatable bonds is 4. The number of carbonyl (C=O) groups is 1. The van der Waals surface area contributed by atoms with Crippen molar-refractivity contribution in [3.63, 3.8) is 0 Å². The fraction of sp³-hybridized carbons (Fsp3) is 0.615. The van der Waals surface area contributed by atoms with Crippen LogP contribution >= 0.6 is 0 Å². The number of nitrogens with one attached hydrogen (secondary N) is 2. The standard InChI is InChI=1S/C13H20N2O5S/c1-8-4-5-14-7-10(8)15-21(17,18)12-6-11(13(16)19-3)20-9(12)2/h6,8,10,14-15H,4-5,7H2,1-3H3. The summed E-state index contributed by atoms with van der Waals surface area (Å²) in [6.07, 6.45) is 0.908. The van der Waals surface area contributed by atoms with Crippen molar-refractivity contribution in [1.29, 1.82) is 0 Å². The summed E-state index contributed by atoms with van der Waals surface area (Å²) in [5.74, 6) is -0.412. The van der Waals surface area contributed by atoms with Crippen LogP contribution < -0.4 is 10.0 Å². The average Bonchev–Trinajstić information content (AvgIpc) is 2.83. The molecule has 2 heterocycles. The number of piperidine rings is 1. The van der Waals surface area contributed by atoms with Crippen LogP contribution in [0.1, 0.15) is 29.7 Å². The SMILES string of the molecule is COC(=O)c1cc(S(=O)(=O)NC2CNCCC2C)c(C)o1. The van der Waals surface area contributed by atoms with Gasteiger partial charge in [-0.05, 0) is 25.8 Å². The van der Waals surface area contributed by atoms with E-state index in [0.29, 0.717) is 6.54 Å². The number of carbonyl (C=O) groups excluding carboxylic acids is 1. The largest absolute Gasteiger partial charge is 0.463 e. The number of methoxy groups -OCH3 is 1. The Balaban J connectivity index is 2.23. The molecule has 2 rings (SSSR count). The lowest BCUT2D eigenvalue weighted by molar-refractivity contribution is 0.0563. The molecular weight excluding hydrogens is 296 g/mol. The van der Waals surface area contributed by atoms with Crippen molar-refractivity contribution in [2.45, 2.75) is 31.2 Å². The van der Waals surface area contributed by atoms with Crippen molar-refractivity contribution < 1.29 is 22.4 Å². The third-order valence-corrected chi connectivity index (χ3v) is 5.28. The lowest BCUT2D eigenvalue weighted by Crippen LogP contribution is -2.50. The van der Waals surface area contributed by atoms with Gasteiger partial charge in [0.1, 0.15) is 10.7 Å². The quantitative estimate of drug-likeness (QED) is 0.792. The minimum absolute atomic E-state index is 0.0272. The highest BCUT2D eigenvalue weighted by molar-refractivity contribution is 7.89. The van der Waals surface area contributed by atoms with Crippen molar-refractivity contribution in [3.8, 4) is 0 Å². The molecule has 1 aromatic heterocycles. The maximum absolute atomic E-state index is 12.4. The van der Waals surface area contributed by atoms with Gasteiger partial charge in [0.25, 0.3) is 0 Å². The Morgan fingerprint density at radius 1 is 1.52 bits per heavy atom. The second-order valence-corrected chi connectivity index (χ2v) is 6.90. The molecule has 1 aromatic rings. The van der Waals surface area contributed by atoms with E-state index >= 15 is 0 Å². The molecule has 2 unspecified atom stereocenters. The minimum atomic E-state index is -3.74. The number of hydrogen-bond donors (Lipinski definition) is 2. The van der Waals surface area contributed by atoms with Gasteiger partial charge in [-0.2, -0.15) is 0 Å². The molecule has 7 nitrogen and oxygen atoms in total. The van der Waals surface area contributed by atoms with Gasteiger partial charge in [-0.25, -0.2) is 17.9 Å². The first-order chi connectivity index (χ1) is 9.85. The van der Waals surface area contributed by atoms with Crippen molar-refractivity contribution in [2.24, 2.45) is 5.92 Å². The van der Waals surface area contributed by atoms with Crippen LogP contribution in [0, 0.1) is 12.8 Å². The highest BCUT2D eigenvalue weighted by atomic mass is 32.2. The number of furan rings is 1. The summed E-state index contributed by atoms with van der Waals surface area (Å²) < 4.78 is 37.2. The predicted octanol–water partition coefficient (Wildman–Crippen LogP) is 0.651. The Bertz CT molecular complexity index is 623. The summed E-state index contributed by atoms with van der Waals surface area (Å²) in [6, 6.07) is 1.02. The monoisotopic (exact) mass is 316 g/mol. The first-order valence-corrected chi connectivity index (χ1v) is 8.25. The van der Waals surface area contributed by atoms with E-state index in [1.54, 1.807) is 0 Å². The molecule has 0 radical (unpaired) electrons. The van der Waals surface area contributed by atoms with Crippen molar-refractivity contribution in [1.82, 2.24) is 10.0 Å². The van der Waals surface area contributed by atoms with E-state index in [9.17, 15) is 13.2 Å². The zero-order valence-electron chi connectivity index (χ0n) is 12.3. The first kappa shape index (κ1) is 16.0. The fourth-order valence-corrected chi connectivity index (χ4v) is 3.87. The predicted molar refractivity (Wildman–Crippen MR) is 75.5 cm³/mol. The third kappa shape index (κ3) is 3.45. The molecule has 0 aliphatic carbocycles. The minimum Gasteiger partial charge on any atom is -0.463 e. The molecule has 0 bridgehead atoms. The van der Waals surface area contributed by atoms with E-state index in [-0.39, 0.29) is 28.4 Å². The summed E-state index contributed by atoms with van der Waals surface area (Å²) in [5, 5.41) is 3.16. The van der Waals surface area contributed by atoms with Crippen LogP contribution in [0.4, 0.5) is 0 Å². The van der Waals surface area contributed by atoms with E-state index in [2.05, 4.69) is 14.8 Å². The molecular formula is C13H20N2O5S. The molecule has 1 saturated heterocycles. The van der Waals surface area contributed by atoms with Gasteiger partial charge in [-0.15, -0.1) is 0 Å². The molecule has 1 aliphatic heterocycles. The van der Waals surface area contributed by atoms with Crippen molar-refractivity contribution >= 4 is 16.0 Å². The second-order valence-electron chi connectivity index (χ2n) is 5.22. The van der Waals surface area contributed by atoms with Crippen molar-refractivity contribution in [2.75, 3.05) is 20.2 Å². The molecule has 1 fully saturated rings. The molecule has 0 aromatic carbocycles. The molecule has 2 atom stereocenters. The van der Waals surface area contributed by atoms with Gasteiger partial charge in [0.15, 0.2) is 0 Å². The smallest absolute Gasteiger partial charge is 0.373 e. The number of aryl methyl sites for hydroxylation is 1. The van der Waals surface area contributed by atoms with Crippen LogP contribution in [0.5, 0.6) is 0 Å². The number of ether oxygens (including phenoxy) is 1. The molecule has 8 heteroatoms. The van der Waals surface area contributed by atoms with E-state index in [1.807, 2.05) is 6.92 Å². The topological polar surface area (TPSA) is 97.6 Å². The zero-order valence-corrected chi connectivity index (χ0v) is 13.1. The number of sulfonamides is 1. The Kier molecular flexibility index (Phi) is 4.70. The average molecular weight is 316 g/mol. The first-order valence-electron chi connectivity index (χ1n) is 6.77. The van der Waals surface area contributed by atoms with Crippen LogP contribution in [0.25, 0.3) is 0 Å². The normalized spacial score (nSPS) is 23.0. The summed E-state index contributed by atoms with van der Waals surface area (Å²) in [6.45, 7) is 4.98. The lowest BCUT2D eigenvalue weighted by Gasteiger charge is -2.29. The third-order valence-electron chi connectivity index (χ3n) is 3.68. The molecule has 0 saturated carbocycles. The molecule has 1 aliphatic rings. The number of esters is 1. The van der Waals surface area contributed by atoms with Gasteiger partial charge in [0.05, 0.1) is 7.11 Å². The lowest BCUT2D eigenvalue weighted by atomic mass is 9.96. The Morgan fingerprint density at radius 3 is 2.86 bits per heavy atom. The van der Waals surface area contributed by atoms with E-state index in [1.165, 1.54) is 20.1 Å². The summed E-state index contributed by atoms with van der Waals surface area (Å²) in [5.41, 5.74) is 0. The molecule has 2 N–H and O–H groups in total. The van der Waals surface area contributed by atoms with Crippen molar-refractivity contribution in [3.05, 3.63) is 17.6 Å². The van der Waals surface area contributed by atoms with Gasteiger partial charge in [-0.3, -0.25) is 0 Å². The van der Waals surface area contributed by atoms with E-state index < -0.39 is 16.0 Å². The molecule has 0 amide bonds. The second kappa shape index (κ2) is 6.17. The zero-order chi connectivity index (χ0) is 15.6. The van der Waals surface area contributed by atoms with E-state index in [0.717, 1.165) is 13.0 Å². The maximum Gasteiger partial charge on any atom is 0.373 e. The van der Waals surface area contributed by atoms with Crippen LogP contribution in [0.2, 0.25) is 0 Å².